The molecule has 2 aliphatic rings. The zero-order chi connectivity index (χ0) is 15.8. The van der Waals surface area contributed by atoms with Crippen molar-refractivity contribution in [1.82, 2.24) is 10.2 Å². The Bertz CT molecular complexity index is 464. The van der Waals surface area contributed by atoms with Crippen LogP contribution in [0.3, 0.4) is 0 Å². The minimum atomic E-state index is -1.17. The van der Waals surface area contributed by atoms with Gasteiger partial charge in [0.25, 0.3) is 5.91 Å². The summed E-state index contributed by atoms with van der Waals surface area (Å²) in [4.78, 5) is 35.9. The van der Waals surface area contributed by atoms with Gasteiger partial charge in [0.15, 0.2) is 0 Å². The highest BCUT2D eigenvalue weighted by atomic mass is 16.4. The summed E-state index contributed by atoms with van der Waals surface area (Å²) >= 11 is 0. The average Bonchev–Trinajstić information content (AvgIpc) is 2.64. The Morgan fingerprint density at radius 1 is 1.38 bits per heavy atom. The molecule has 3 amide bonds. The van der Waals surface area contributed by atoms with Crippen molar-refractivity contribution in [3.8, 4) is 0 Å². The quantitative estimate of drug-likeness (QED) is 0.777. The van der Waals surface area contributed by atoms with Crippen molar-refractivity contribution in [2.75, 3.05) is 6.54 Å². The van der Waals surface area contributed by atoms with Gasteiger partial charge in [0.2, 0.25) is 0 Å². The predicted octanol–water partition coefficient (Wildman–Crippen LogP) is 1.99. The number of hydrogen-bond donors (Lipinski definition) is 2. The van der Waals surface area contributed by atoms with Crippen molar-refractivity contribution in [2.45, 2.75) is 58.4 Å². The summed E-state index contributed by atoms with van der Waals surface area (Å²) in [7, 11) is 0. The fraction of sp³-hybridized carbons (Fsp3) is 0.800. The molecule has 2 rings (SSSR count). The molecule has 1 heterocycles. The molecule has 0 aromatic heterocycles. The van der Waals surface area contributed by atoms with Crippen molar-refractivity contribution >= 4 is 17.9 Å². The second-order valence-electron chi connectivity index (χ2n) is 6.91. The fourth-order valence-electron chi connectivity index (χ4n) is 3.47. The molecule has 1 aliphatic heterocycles. The van der Waals surface area contributed by atoms with Crippen molar-refractivity contribution in [1.29, 1.82) is 0 Å². The Morgan fingerprint density at radius 2 is 1.95 bits per heavy atom. The van der Waals surface area contributed by atoms with E-state index < -0.39 is 24.1 Å². The molecule has 0 unspecified atom stereocenters. The second kappa shape index (κ2) is 5.31. The molecule has 2 N–H and O–H groups in total. The summed E-state index contributed by atoms with van der Waals surface area (Å²) < 4.78 is 0. The summed E-state index contributed by atoms with van der Waals surface area (Å²) in [6.07, 6.45) is 4.04. The molecule has 0 bridgehead atoms. The van der Waals surface area contributed by atoms with Crippen molar-refractivity contribution < 1.29 is 19.5 Å². The first-order chi connectivity index (χ1) is 9.72. The number of urea groups is 1. The van der Waals surface area contributed by atoms with E-state index in [-0.39, 0.29) is 11.3 Å². The number of hydrogen-bond acceptors (Lipinski definition) is 3. The molecule has 6 nitrogen and oxygen atoms in total. The number of carboxylic acids is 1. The van der Waals surface area contributed by atoms with Gasteiger partial charge in [-0.2, -0.15) is 0 Å². The Kier molecular flexibility index (Phi) is 4.00. The van der Waals surface area contributed by atoms with Crippen LogP contribution in [0.1, 0.15) is 52.9 Å². The molecule has 1 spiro atoms. The van der Waals surface area contributed by atoms with Gasteiger partial charge in [0.1, 0.15) is 12.1 Å². The van der Waals surface area contributed by atoms with Gasteiger partial charge in [-0.1, -0.05) is 27.2 Å². The van der Waals surface area contributed by atoms with Crippen LogP contribution in [0.15, 0.2) is 0 Å². The van der Waals surface area contributed by atoms with Gasteiger partial charge in [-0.25, -0.2) is 4.79 Å². The van der Waals surface area contributed by atoms with E-state index in [1.54, 1.807) is 0 Å². The number of imide groups is 1. The third-order valence-electron chi connectivity index (χ3n) is 5.39. The molecule has 6 heteroatoms. The van der Waals surface area contributed by atoms with Gasteiger partial charge in [-0.05, 0) is 37.0 Å². The summed E-state index contributed by atoms with van der Waals surface area (Å²) in [6, 6.07) is -0.574. The first-order valence-electron chi connectivity index (χ1n) is 7.58. The summed E-state index contributed by atoms with van der Waals surface area (Å²) in [5.74, 6) is -1.01. The maximum absolute atomic E-state index is 12.4. The lowest BCUT2D eigenvalue weighted by Gasteiger charge is -2.42. The lowest BCUT2D eigenvalue weighted by Crippen LogP contribution is -2.51. The number of amides is 3. The zero-order valence-electron chi connectivity index (χ0n) is 12.9. The first kappa shape index (κ1) is 15.8. The molecule has 0 aromatic rings. The number of nitrogens with zero attached hydrogens (tertiary/aromatic N) is 1. The molecule has 2 fully saturated rings. The van der Waals surface area contributed by atoms with Gasteiger partial charge in [0, 0.05) is 0 Å². The SMILES string of the molecule is CCC(C)(C)C1CCC2(CC1)NC(=O)N(CC(=O)O)C2=O. The smallest absolute Gasteiger partial charge is 0.325 e. The topological polar surface area (TPSA) is 86.7 Å². The van der Waals surface area contributed by atoms with E-state index in [1.165, 1.54) is 0 Å². The Hall–Kier alpha value is -1.59. The Labute approximate surface area is 124 Å². The van der Waals surface area contributed by atoms with E-state index in [4.69, 9.17) is 5.11 Å². The Balaban J connectivity index is 2.08. The molecule has 1 saturated heterocycles. The number of carbonyl (C=O) groups excluding carboxylic acids is 2. The van der Waals surface area contributed by atoms with Crippen LogP contribution in [0, 0.1) is 11.3 Å². The van der Waals surface area contributed by atoms with Crippen LogP contribution < -0.4 is 5.32 Å². The highest BCUT2D eigenvalue weighted by Crippen LogP contribution is 2.45. The minimum absolute atomic E-state index is 0.230. The van der Waals surface area contributed by atoms with E-state index >= 15 is 0 Å². The van der Waals surface area contributed by atoms with E-state index in [2.05, 4.69) is 26.1 Å². The molecule has 118 valence electrons. The van der Waals surface area contributed by atoms with Gasteiger partial charge in [0.05, 0.1) is 0 Å². The fourth-order valence-corrected chi connectivity index (χ4v) is 3.47. The molecule has 0 atom stereocenters. The average molecular weight is 296 g/mol. The first-order valence-corrected chi connectivity index (χ1v) is 7.58. The predicted molar refractivity (Wildman–Crippen MR) is 76.6 cm³/mol. The molecule has 21 heavy (non-hydrogen) atoms. The second-order valence-corrected chi connectivity index (χ2v) is 6.91. The van der Waals surface area contributed by atoms with Crippen LogP contribution >= 0.6 is 0 Å². The molecule has 1 saturated carbocycles. The number of rotatable bonds is 4. The van der Waals surface area contributed by atoms with Crippen LogP contribution in [0.4, 0.5) is 4.79 Å². The minimum Gasteiger partial charge on any atom is -0.480 e. The largest absolute Gasteiger partial charge is 0.480 e. The third kappa shape index (κ3) is 2.76. The highest BCUT2D eigenvalue weighted by molar-refractivity contribution is 6.08. The van der Waals surface area contributed by atoms with Gasteiger partial charge in [-0.3, -0.25) is 14.5 Å². The van der Waals surface area contributed by atoms with E-state index in [0.717, 1.165) is 24.2 Å². The number of aliphatic carboxylic acids is 1. The molecular weight excluding hydrogens is 272 g/mol. The molecule has 0 radical (unpaired) electrons. The normalized spacial score (nSPS) is 29.9. The highest BCUT2D eigenvalue weighted by Gasteiger charge is 2.53. The van der Waals surface area contributed by atoms with Gasteiger partial charge in [-0.15, -0.1) is 0 Å². The lowest BCUT2D eigenvalue weighted by molar-refractivity contribution is -0.143. The Morgan fingerprint density at radius 3 is 2.43 bits per heavy atom. The van der Waals surface area contributed by atoms with Crippen LogP contribution in [0.25, 0.3) is 0 Å². The van der Waals surface area contributed by atoms with E-state index in [0.29, 0.717) is 18.8 Å². The number of carbonyl (C=O) groups is 3. The number of carboxylic acid groups (broad SMARTS) is 1. The molecule has 0 aromatic carbocycles. The van der Waals surface area contributed by atoms with Crippen molar-refractivity contribution in [3.05, 3.63) is 0 Å². The van der Waals surface area contributed by atoms with Gasteiger partial charge < -0.3 is 10.4 Å². The summed E-state index contributed by atoms with van der Waals surface area (Å²) in [6.45, 7) is 6.08. The summed E-state index contributed by atoms with van der Waals surface area (Å²) in [5, 5.41) is 11.5. The van der Waals surface area contributed by atoms with Crippen LogP contribution in [0.5, 0.6) is 0 Å². The van der Waals surface area contributed by atoms with Gasteiger partial charge >= 0.3 is 12.0 Å². The monoisotopic (exact) mass is 296 g/mol. The van der Waals surface area contributed by atoms with Crippen LogP contribution in [0.2, 0.25) is 0 Å². The standard InChI is InChI=1S/C15H24N2O4/c1-4-14(2,3)10-5-7-15(8-6-10)12(20)17(9-11(18)19)13(21)16-15/h10H,4-9H2,1-3H3,(H,16,21)(H,18,19). The molecule has 1 aliphatic carbocycles. The van der Waals surface area contributed by atoms with E-state index in [1.807, 2.05) is 0 Å². The van der Waals surface area contributed by atoms with Crippen LogP contribution in [-0.4, -0.2) is 40.0 Å². The van der Waals surface area contributed by atoms with Crippen molar-refractivity contribution in [3.63, 3.8) is 0 Å². The third-order valence-corrected chi connectivity index (χ3v) is 5.39. The molecular formula is C15H24N2O4. The zero-order valence-corrected chi connectivity index (χ0v) is 12.9. The maximum atomic E-state index is 12.4. The van der Waals surface area contributed by atoms with Crippen LogP contribution in [-0.2, 0) is 9.59 Å². The summed E-state index contributed by atoms with van der Waals surface area (Å²) in [5.41, 5.74) is -0.638. The lowest BCUT2D eigenvalue weighted by atomic mass is 9.65. The number of nitrogens with one attached hydrogen (secondary N) is 1. The maximum Gasteiger partial charge on any atom is 0.325 e. The van der Waals surface area contributed by atoms with E-state index in [9.17, 15) is 14.4 Å². The van der Waals surface area contributed by atoms with Crippen molar-refractivity contribution in [2.24, 2.45) is 11.3 Å².